The van der Waals surface area contributed by atoms with Gasteiger partial charge in [0.1, 0.15) is 11.5 Å². The van der Waals surface area contributed by atoms with E-state index in [0.717, 1.165) is 6.42 Å². The highest BCUT2D eigenvalue weighted by Gasteiger charge is 2.13. The van der Waals surface area contributed by atoms with Crippen molar-refractivity contribution in [2.45, 2.75) is 18.7 Å². The van der Waals surface area contributed by atoms with E-state index in [1.807, 2.05) is 6.92 Å². The molecule has 0 fully saturated rings. The van der Waals surface area contributed by atoms with Gasteiger partial charge in [-0.2, -0.15) is 0 Å². The van der Waals surface area contributed by atoms with Crippen molar-refractivity contribution in [2.75, 3.05) is 13.7 Å². The van der Waals surface area contributed by atoms with Gasteiger partial charge in [0.2, 0.25) is 0 Å². The van der Waals surface area contributed by atoms with Gasteiger partial charge in [-0.1, -0.05) is 6.92 Å². The van der Waals surface area contributed by atoms with E-state index < -0.39 is 0 Å². The Kier molecular flexibility index (Phi) is 5.10. The van der Waals surface area contributed by atoms with E-state index in [9.17, 15) is 9.90 Å². The van der Waals surface area contributed by atoms with Crippen molar-refractivity contribution in [3.05, 3.63) is 23.8 Å². The van der Waals surface area contributed by atoms with Crippen LogP contribution in [0.2, 0.25) is 0 Å². The highest BCUT2D eigenvalue weighted by atomic mass is 35.5. The smallest absolute Gasteiger partial charge is 0.255 e. The molecule has 0 heterocycles. The van der Waals surface area contributed by atoms with Crippen LogP contribution in [0.1, 0.15) is 23.7 Å². The number of rotatable bonds is 5. The number of methoxy groups -OCH3 is 1. The Labute approximate surface area is 106 Å². The molecule has 0 saturated heterocycles. The number of alkyl halides is 1. The number of phenols is 1. The fraction of sp³-hybridized carbons (Fsp3) is 0.417. The monoisotopic (exact) mass is 257 g/mol. The Hall–Kier alpha value is -1.42. The lowest BCUT2D eigenvalue weighted by atomic mass is 10.1. The molecular weight excluding hydrogens is 242 g/mol. The van der Waals surface area contributed by atoms with Crippen LogP contribution in [-0.4, -0.2) is 30.0 Å². The van der Waals surface area contributed by atoms with E-state index in [4.69, 9.17) is 16.3 Å². The Morgan fingerprint density at radius 2 is 2.29 bits per heavy atom. The molecule has 17 heavy (non-hydrogen) atoms. The number of carbonyl (C=O) groups is 1. The number of halogens is 1. The van der Waals surface area contributed by atoms with E-state index in [-0.39, 0.29) is 22.6 Å². The summed E-state index contributed by atoms with van der Waals surface area (Å²) in [6.45, 7) is 2.31. The van der Waals surface area contributed by atoms with Crippen molar-refractivity contribution in [3.8, 4) is 11.5 Å². The summed E-state index contributed by atoms with van der Waals surface area (Å²) in [6.07, 6.45) is 0.770. The minimum Gasteiger partial charge on any atom is -0.507 e. The lowest BCUT2D eigenvalue weighted by Gasteiger charge is -2.10. The second-order valence-electron chi connectivity index (χ2n) is 3.60. The lowest BCUT2D eigenvalue weighted by molar-refractivity contribution is 0.0950. The average Bonchev–Trinajstić information content (AvgIpc) is 2.36. The fourth-order valence-corrected chi connectivity index (χ4v) is 1.34. The molecule has 0 aliphatic carbocycles. The minimum atomic E-state index is -0.361. The lowest BCUT2D eigenvalue weighted by Crippen LogP contribution is -2.29. The molecule has 5 heteroatoms. The van der Waals surface area contributed by atoms with E-state index in [2.05, 4.69) is 5.32 Å². The molecule has 0 radical (unpaired) electrons. The van der Waals surface area contributed by atoms with Crippen LogP contribution in [0.25, 0.3) is 0 Å². The molecule has 0 aromatic heterocycles. The molecule has 1 amide bonds. The zero-order valence-corrected chi connectivity index (χ0v) is 10.6. The molecule has 0 bridgehead atoms. The van der Waals surface area contributed by atoms with E-state index in [1.165, 1.54) is 19.2 Å². The van der Waals surface area contributed by atoms with Crippen molar-refractivity contribution in [3.63, 3.8) is 0 Å². The van der Waals surface area contributed by atoms with Crippen LogP contribution >= 0.6 is 11.6 Å². The molecule has 1 aromatic rings. The van der Waals surface area contributed by atoms with Crippen LogP contribution in [0, 0.1) is 0 Å². The van der Waals surface area contributed by atoms with Gasteiger partial charge in [0.15, 0.2) is 0 Å². The molecule has 1 aromatic carbocycles. The van der Waals surface area contributed by atoms with Crippen molar-refractivity contribution in [2.24, 2.45) is 0 Å². The first-order valence-electron chi connectivity index (χ1n) is 5.37. The van der Waals surface area contributed by atoms with Gasteiger partial charge >= 0.3 is 0 Å². The van der Waals surface area contributed by atoms with Crippen molar-refractivity contribution < 1.29 is 14.6 Å². The Bertz CT molecular complexity index is 395. The van der Waals surface area contributed by atoms with E-state index in [0.29, 0.717) is 12.3 Å². The number of nitrogens with one attached hydrogen (secondary N) is 1. The molecule has 2 N–H and O–H groups in total. The van der Waals surface area contributed by atoms with Crippen LogP contribution < -0.4 is 10.1 Å². The molecule has 1 atom stereocenters. The molecule has 0 aliphatic rings. The van der Waals surface area contributed by atoms with Crippen LogP contribution in [0.4, 0.5) is 0 Å². The van der Waals surface area contributed by atoms with Gasteiger partial charge in [0.25, 0.3) is 5.91 Å². The first-order valence-corrected chi connectivity index (χ1v) is 5.81. The zero-order valence-electron chi connectivity index (χ0n) is 9.87. The first-order chi connectivity index (χ1) is 8.08. The predicted octanol–water partition coefficient (Wildman–Crippen LogP) is 2.15. The number of amides is 1. The van der Waals surface area contributed by atoms with Gasteiger partial charge in [-0.25, -0.2) is 0 Å². The standard InChI is InChI=1S/C12H16ClNO3/c1-3-8(13)7-14-12(16)10-6-9(17-2)4-5-11(10)15/h4-6,8,15H,3,7H2,1-2H3,(H,14,16). The number of phenolic OH excluding ortho intramolecular Hbond substituents is 1. The number of aromatic hydroxyl groups is 1. The van der Waals surface area contributed by atoms with Crippen molar-refractivity contribution in [1.29, 1.82) is 0 Å². The average molecular weight is 258 g/mol. The summed E-state index contributed by atoms with van der Waals surface area (Å²) in [7, 11) is 1.50. The van der Waals surface area contributed by atoms with Crippen LogP contribution in [0.15, 0.2) is 18.2 Å². The summed E-state index contributed by atoms with van der Waals surface area (Å²) in [4.78, 5) is 11.8. The number of carbonyl (C=O) groups excluding carboxylic acids is 1. The summed E-state index contributed by atoms with van der Waals surface area (Å²) >= 11 is 5.89. The molecule has 4 nitrogen and oxygen atoms in total. The normalized spacial score (nSPS) is 11.9. The molecule has 0 aliphatic heterocycles. The maximum atomic E-state index is 11.8. The molecule has 1 rings (SSSR count). The summed E-state index contributed by atoms with van der Waals surface area (Å²) in [6, 6.07) is 4.49. The zero-order chi connectivity index (χ0) is 12.8. The first kappa shape index (κ1) is 13.6. The second-order valence-corrected chi connectivity index (χ2v) is 4.22. The second kappa shape index (κ2) is 6.35. The minimum absolute atomic E-state index is 0.0779. The number of hydrogen-bond donors (Lipinski definition) is 2. The van der Waals surface area contributed by atoms with Gasteiger partial charge in [-0.3, -0.25) is 4.79 Å². The highest BCUT2D eigenvalue weighted by molar-refractivity contribution is 6.20. The Morgan fingerprint density at radius 3 is 2.88 bits per heavy atom. The predicted molar refractivity (Wildman–Crippen MR) is 66.9 cm³/mol. The molecule has 1 unspecified atom stereocenters. The van der Waals surface area contributed by atoms with Crippen molar-refractivity contribution >= 4 is 17.5 Å². The van der Waals surface area contributed by atoms with Crippen LogP contribution in [0.3, 0.4) is 0 Å². The van der Waals surface area contributed by atoms with Crippen molar-refractivity contribution in [1.82, 2.24) is 5.32 Å². The van der Waals surface area contributed by atoms with Gasteiger partial charge < -0.3 is 15.2 Å². The van der Waals surface area contributed by atoms with Gasteiger partial charge in [0, 0.05) is 6.54 Å². The summed E-state index contributed by atoms with van der Waals surface area (Å²) in [5.41, 5.74) is 0.185. The summed E-state index contributed by atoms with van der Waals surface area (Å²) < 4.78 is 4.99. The topological polar surface area (TPSA) is 58.6 Å². The number of benzene rings is 1. The van der Waals surface area contributed by atoms with Crippen LogP contribution in [-0.2, 0) is 0 Å². The third kappa shape index (κ3) is 3.82. The quantitative estimate of drug-likeness (QED) is 0.795. The molecule has 94 valence electrons. The molecule has 0 spiro atoms. The molecular formula is C12H16ClNO3. The molecule has 0 saturated carbocycles. The highest BCUT2D eigenvalue weighted by Crippen LogP contribution is 2.22. The summed E-state index contributed by atoms with van der Waals surface area (Å²) in [5.74, 6) is 0.0808. The third-order valence-electron chi connectivity index (χ3n) is 2.38. The van der Waals surface area contributed by atoms with E-state index in [1.54, 1.807) is 6.07 Å². The third-order valence-corrected chi connectivity index (χ3v) is 2.84. The number of hydrogen-bond acceptors (Lipinski definition) is 3. The fourth-order valence-electron chi connectivity index (χ4n) is 1.27. The van der Waals surface area contributed by atoms with Gasteiger partial charge in [0.05, 0.1) is 18.1 Å². The maximum absolute atomic E-state index is 11.8. The maximum Gasteiger partial charge on any atom is 0.255 e. The largest absolute Gasteiger partial charge is 0.507 e. The van der Waals surface area contributed by atoms with Crippen LogP contribution in [0.5, 0.6) is 11.5 Å². The van der Waals surface area contributed by atoms with Gasteiger partial charge in [-0.15, -0.1) is 11.6 Å². The van der Waals surface area contributed by atoms with E-state index >= 15 is 0 Å². The van der Waals surface area contributed by atoms with Gasteiger partial charge in [-0.05, 0) is 24.6 Å². The number of ether oxygens (including phenoxy) is 1. The Morgan fingerprint density at radius 1 is 1.59 bits per heavy atom. The Balaban J connectivity index is 2.74. The SMILES string of the molecule is CCC(Cl)CNC(=O)c1cc(OC)ccc1O. The summed E-state index contributed by atoms with van der Waals surface area (Å²) in [5, 5.41) is 12.1.